The molecule has 0 saturated heterocycles. The molecule has 1 fully saturated rings. The van der Waals surface area contributed by atoms with Crippen LogP contribution in [0.2, 0.25) is 0 Å². The lowest BCUT2D eigenvalue weighted by Gasteiger charge is -2.26. The first kappa shape index (κ1) is 9.31. The number of halogens is 1. The van der Waals surface area contributed by atoms with Crippen molar-refractivity contribution < 1.29 is 4.74 Å². The summed E-state index contributed by atoms with van der Waals surface area (Å²) in [7, 11) is 0. The van der Waals surface area contributed by atoms with E-state index in [4.69, 9.17) is 4.74 Å². The molecule has 0 atom stereocenters. The van der Waals surface area contributed by atoms with Gasteiger partial charge in [0.05, 0.1) is 6.10 Å². The first-order valence-electron chi connectivity index (χ1n) is 4.68. The second-order valence-electron chi connectivity index (χ2n) is 3.58. The Bertz CT molecular complexity index is 305. The van der Waals surface area contributed by atoms with Gasteiger partial charge in [0.25, 0.3) is 0 Å². The van der Waals surface area contributed by atoms with Crippen molar-refractivity contribution in [1.82, 2.24) is 0 Å². The second-order valence-corrected chi connectivity index (χ2v) is 4.74. The SMILES string of the molecule is Cc1cc(OC2CCC2)ccc1I. The van der Waals surface area contributed by atoms with Crippen LogP contribution in [0.25, 0.3) is 0 Å². The van der Waals surface area contributed by atoms with E-state index in [0.29, 0.717) is 6.10 Å². The van der Waals surface area contributed by atoms with Crippen LogP contribution in [0, 0.1) is 10.5 Å². The fourth-order valence-corrected chi connectivity index (χ4v) is 1.71. The molecule has 0 unspecified atom stereocenters. The molecule has 0 aliphatic heterocycles. The van der Waals surface area contributed by atoms with E-state index >= 15 is 0 Å². The molecule has 0 radical (unpaired) electrons. The van der Waals surface area contributed by atoms with Crippen molar-refractivity contribution in [2.45, 2.75) is 32.3 Å². The third-order valence-electron chi connectivity index (χ3n) is 2.48. The van der Waals surface area contributed by atoms with Crippen LogP contribution in [0.5, 0.6) is 5.75 Å². The van der Waals surface area contributed by atoms with E-state index in [1.54, 1.807) is 0 Å². The van der Waals surface area contributed by atoms with Gasteiger partial charge in [0.15, 0.2) is 0 Å². The van der Waals surface area contributed by atoms with Crippen LogP contribution >= 0.6 is 22.6 Å². The zero-order chi connectivity index (χ0) is 9.26. The van der Waals surface area contributed by atoms with E-state index in [1.807, 2.05) is 0 Å². The molecule has 2 rings (SSSR count). The van der Waals surface area contributed by atoms with Crippen molar-refractivity contribution >= 4 is 22.6 Å². The van der Waals surface area contributed by atoms with Gasteiger partial charge in [0, 0.05) is 3.57 Å². The molecule has 1 aliphatic carbocycles. The molecular weight excluding hydrogens is 275 g/mol. The van der Waals surface area contributed by atoms with E-state index in [-0.39, 0.29) is 0 Å². The first-order valence-corrected chi connectivity index (χ1v) is 5.76. The summed E-state index contributed by atoms with van der Waals surface area (Å²) < 4.78 is 7.09. The molecule has 0 amide bonds. The number of hydrogen-bond donors (Lipinski definition) is 0. The van der Waals surface area contributed by atoms with Crippen molar-refractivity contribution in [1.29, 1.82) is 0 Å². The highest BCUT2D eigenvalue weighted by atomic mass is 127. The first-order chi connectivity index (χ1) is 6.25. The van der Waals surface area contributed by atoms with Crippen LogP contribution in [0.1, 0.15) is 24.8 Å². The zero-order valence-electron chi connectivity index (χ0n) is 7.72. The minimum atomic E-state index is 0.486. The predicted molar refractivity (Wildman–Crippen MR) is 62.2 cm³/mol. The highest BCUT2D eigenvalue weighted by Crippen LogP contribution is 2.26. The number of aryl methyl sites for hydroxylation is 1. The minimum absolute atomic E-state index is 0.486. The summed E-state index contributed by atoms with van der Waals surface area (Å²) in [6.45, 7) is 2.12. The highest BCUT2D eigenvalue weighted by Gasteiger charge is 2.18. The Labute approximate surface area is 92.6 Å². The Hall–Kier alpha value is -0.250. The molecule has 70 valence electrons. The standard InChI is InChI=1S/C11H13IO/c1-8-7-10(5-6-11(8)12)13-9-3-2-4-9/h5-7,9H,2-4H2,1H3. The van der Waals surface area contributed by atoms with E-state index in [9.17, 15) is 0 Å². The van der Waals surface area contributed by atoms with Crippen molar-refractivity contribution in [3.8, 4) is 5.75 Å². The molecule has 0 heterocycles. The fraction of sp³-hybridized carbons (Fsp3) is 0.455. The van der Waals surface area contributed by atoms with E-state index < -0.39 is 0 Å². The largest absolute Gasteiger partial charge is 0.490 e. The Morgan fingerprint density at radius 3 is 2.69 bits per heavy atom. The van der Waals surface area contributed by atoms with Crippen molar-refractivity contribution in [2.24, 2.45) is 0 Å². The van der Waals surface area contributed by atoms with Gasteiger partial charge in [-0.1, -0.05) is 0 Å². The quantitative estimate of drug-likeness (QED) is 0.756. The molecule has 0 aromatic heterocycles. The molecule has 1 nitrogen and oxygen atoms in total. The average Bonchev–Trinajstić information content (AvgIpc) is 2.04. The Morgan fingerprint density at radius 1 is 1.38 bits per heavy atom. The molecule has 1 aromatic carbocycles. The smallest absolute Gasteiger partial charge is 0.120 e. The maximum atomic E-state index is 5.78. The molecule has 13 heavy (non-hydrogen) atoms. The number of benzene rings is 1. The maximum Gasteiger partial charge on any atom is 0.120 e. The molecule has 0 spiro atoms. The third kappa shape index (κ3) is 2.16. The summed E-state index contributed by atoms with van der Waals surface area (Å²) in [5, 5.41) is 0. The van der Waals surface area contributed by atoms with Gasteiger partial charge in [-0.3, -0.25) is 0 Å². The van der Waals surface area contributed by atoms with Crippen LogP contribution < -0.4 is 4.74 Å². The lowest BCUT2D eigenvalue weighted by molar-refractivity contribution is 0.120. The number of ether oxygens (including phenoxy) is 1. The molecule has 0 bridgehead atoms. The summed E-state index contributed by atoms with van der Waals surface area (Å²) in [6, 6.07) is 6.30. The van der Waals surface area contributed by atoms with Crippen LogP contribution in [-0.2, 0) is 0 Å². The van der Waals surface area contributed by atoms with E-state index in [2.05, 4.69) is 47.7 Å². The summed E-state index contributed by atoms with van der Waals surface area (Å²) in [5.41, 5.74) is 1.30. The zero-order valence-corrected chi connectivity index (χ0v) is 9.87. The lowest BCUT2D eigenvalue weighted by Crippen LogP contribution is -2.24. The van der Waals surface area contributed by atoms with Gasteiger partial charge in [0.1, 0.15) is 5.75 Å². The topological polar surface area (TPSA) is 9.23 Å². The highest BCUT2D eigenvalue weighted by molar-refractivity contribution is 14.1. The molecule has 0 N–H and O–H groups in total. The lowest BCUT2D eigenvalue weighted by atomic mass is 9.96. The van der Waals surface area contributed by atoms with Crippen LogP contribution in [0.3, 0.4) is 0 Å². The molecule has 2 heteroatoms. The molecule has 1 aliphatic rings. The molecule has 1 aromatic rings. The van der Waals surface area contributed by atoms with Crippen molar-refractivity contribution in [3.63, 3.8) is 0 Å². The van der Waals surface area contributed by atoms with Gasteiger partial charge in [-0.2, -0.15) is 0 Å². The van der Waals surface area contributed by atoms with Crippen LogP contribution in [0.4, 0.5) is 0 Å². The normalized spacial score (nSPS) is 16.8. The molecular formula is C11H13IO. The predicted octanol–water partition coefficient (Wildman–Crippen LogP) is 3.53. The van der Waals surface area contributed by atoms with Crippen LogP contribution in [0.15, 0.2) is 18.2 Å². The Balaban J connectivity index is 2.07. The van der Waals surface area contributed by atoms with Gasteiger partial charge in [-0.05, 0) is 72.5 Å². The second kappa shape index (κ2) is 3.86. The van der Waals surface area contributed by atoms with Crippen molar-refractivity contribution in [3.05, 3.63) is 27.3 Å². The van der Waals surface area contributed by atoms with Gasteiger partial charge in [0.2, 0.25) is 0 Å². The van der Waals surface area contributed by atoms with Gasteiger partial charge < -0.3 is 4.74 Å². The Morgan fingerprint density at radius 2 is 2.15 bits per heavy atom. The van der Waals surface area contributed by atoms with E-state index in [0.717, 1.165) is 5.75 Å². The molecule has 1 saturated carbocycles. The maximum absolute atomic E-state index is 5.78. The average molecular weight is 288 g/mol. The van der Waals surface area contributed by atoms with Crippen molar-refractivity contribution in [2.75, 3.05) is 0 Å². The number of hydrogen-bond acceptors (Lipinski definition) is 1. The van der Waals surface area contributed by atoms with E-state index in [1.165, 1.54) is 28.4 Å². The summed E-state index contributed by atoms with van der Waals surface area (Å²) in [5.74, 6) is 1.03. The summed E-state index contributed by atoms with van der Waals surface area (Å²) >= 11 is 2.34. The number of rotatable bonds is 2. The fourth-order valence-electron chi connectivity index (χ4n) is 1.37. The Kier molecular flexibility index (Phi) is 2.77. The minimum Gasteiger partial charge on any atom is -0.490 e. The van der Waals surface area contributed by atoms with Gasteiger partial charge in [-0.15, -0.1) is 0 Å². The van der Waals surface area contributed by atoms with Crippen LogP contribution in [-0.4, -0.2) is 6.10 Å². The summed E-state index contributed by atoms with van der Waals surface area (Å²) in [4.78, 5) is 0. The summed E-state index contributed by atoms with van der Waals surface area (Å²) in [6.07, 6.45) is 4.27. The van der Waals surface area contributed by atoms with Gasteiger partial charge in [-0.25, -0.2) is 0 Å². The van der Waals surface area contributed by atoms with Gasteiger partial charge >= 0.3 is 0 Å². The monoisotopic (exact) mass is 288 g/mol. The third-order valence-corrected chi connectivity index (χ3v) is 3.69.